The van der Waals surface area contributed by atoms with Crippen LogP contribution in [-0.4, -0.2) is 122 Å². The van der Waals surface area contributed by atoms with Crippen LogP contribution in [0.3, 0.4) is 0 Å². The zero-order chi connectivity index (χ0) is 94.2. The molecule has 0 unspecified atom stereocenters. The van der Waals surface area contributed by atoms with E-state index in [2.05, 4.69) is 164 Å². The zero-order valence-corrected chi connectivity index (χ0v) is 88.7. The lowest BCUT2D eigenvalue weighted by Gasteiger charge is -2.61. The van der Waals surface area contributed by atoms with Crippen molar-refractivity contribution in [2.45, 2.75) is 503 Å². The highest BCUT2D eigenvalue weighted by Crippen LogP contribution is 2.74. The lowest BCUT2D eigenvalue weighted by Crippen LogP contribution is -2.54. The van der Waals surface area contributed by atoms with Crippen LogP contribution in [-0.2, 0) is 9.53 Å². The molecule has 18 saturated carbocycles. The Labute approximate surface area is 802 Å². The first-order chi connectivity index (χ1) is 61.8. The summed E-state index contributed by atoms with van der Waals surface area (Å²) >= 11 is 0. The molecule has 11 nitrogen and oxygen atoms in total. The number of ketones is 1. The van der Waals surface area contributed by atoms with E-state index in [1.165, 1.54) is 235 Å². The molecule has 131 heavy (non-hydrogen) atoms. The molecule has 0 aromatic carbocycles. The number of aliphatic imine (C=N–C) groups is 4. The van der Waals surface area contributed by atoms with Crippen molar-refractivity contribution in [3.63, 3.8) is 0 Å². The molecule has 0 saturated heterocycles. The van der Waals surface area contributed by atoms with Crippen LogP contribution in [0.4, 0.5) is 0 Å². The number of Topliss-reactive ketones (excluding diaryl/α,β-unsaturated/α-hetero) is 1. The maximum Gasteiger partial charge on any atom is 0.162 e. The van der Waals surface area contributed by atoms with Crippen molar-refractivity contribution < 1.29 is 35.1 Å². The predicted molar refractivity (Wildman–Crippen MR) is 545 cm³/mol. The molecule has 20 rings (SSSR count). The molecule has 11 heteroatoms. The summed E-state index contributed by atoms with van der Waals surface area (Å²) in [4.78, 5) is 32.8. The number of nitrogens with zero attached hydrogens (tertiary/aromatic N) is 4. The maximum absolute atomic E-state index is 12.9. The Bertz CT molecular complexity index is 4050. The molecule has 38 atom stereocenters. The van der Waals surface area contributed by atoms with Gasteiger partial charge in [-0.15, -0.1) is 0 Å². The molecule has 0 heterocycles. The van der Waals surface area contributed by atoms with Crippen LogP contribution in [0.5, 0.6) is 0 Å². The minimum absolute atomic E-state index is 0.0239. The number of hydrogen-bond donors (Lipinski definition) is 5. The normalized spacial score (nSPS) is 50.0. The van der Waals surface area contributed by atoms with Gasteiger partial charge in [0.15, 0.2) is 5.78 Å². The Morgan fingerprint density at radius 2 is 0.611 bits per heavy atom. The van der Waals surface area contributed by atoms with E-state index in [0.717, 1.165) is 171 Å². The van der Waals surface area contributed by atoms with Crippen LogP contribution < -0.4 is 0 Å². The largest absolute Gasteiger partial charge is 0.393 e. The third-order valence-corrected chi connectivity index (χ3v) is 46.9. The van der Waals surface area contributed by atoms with E-state index in [0.29, 0.717) is 109 Å². The quantitative estimate of drug-likeness (QED) is 0.0954. The fraction of sp³-hybridized carbons (Fsp3) is 0.925. The summed E-state index contributed by atoms with van der Waals surface area (Å²) in [5.74, 6) is 18.7. The molecule has 0 spiro atoms. The van der Waals surface area contributed by atoms with Crippen molar-refractivity contribution in [3.8, 4) is 0 Å². The summed E-state index contributed by atoms with van der Waals surface area (Å²) in [6, 6.07) is 1.69. The number of carbonyl (C=O) groups excluding carboxylic acids is 1. The molecule has 0 aliphatic heterocycles. The van der Waals surface area contributed by atoms with Crippen LogP contribution >= 0.6 is 0 Å². The van der Waals surface area contributed by atoms with Gasteiger partial charge in [-0.25, -0.2) is 0 Å². The number of fused-ring (bicyclic) bond motifs is 25. The van der Waals surface area contributed by atoms with Crippen molar-refractivity contribution in [2.75, 3.05) is 6.61 Å². The number of carbonyl (C=O) groups is 1. The topological polar surface area (TPSA) is 177 Å². The van der Waals surface area contributed by atoms with Crippen molar-refractivity contribution in [2.24, 2.45) is 210 Å². The first kappa shape index (κ1) is 102. The van der Waals surface area contributed by atoms with Gasteiger partial charge in [-0.05, 0) is 534 Å². The molecule has 5 N–H and O–H groups in total. The fourth-order valence-corrected chi connectivity index (χ4v) is 40.7. The molecule has 0 amide bonds. The van der Waals surface area contributed by atoms with E-state index in [1.807, 2.05) is 13.8 Å². The smallest absolute Gasteiger partial charge is 0.162 e. The molecule has 0 aromatic heterocycles. The number of aliphatic hydroxyl groups excluding tert-OH is 5. The van der Waals surface area contributed by atoms with Crippen LogP contribution in [0, 0.1) is 190 Å². The summed E-state index contributed by atoms with van der Waals surface area (Å²) in [7, 11) is 0. The van der Waals surface area contributed by atoms with Crippen LogP contribution in [0.1, 0.15) is 442 Å². The number of rotatable bonds is 12. The Kier molecular flexibility index (Phi) is 30.3. The van der Waals surface area contributed by atoms with E-state index < -0.39 is 0 Å². The molecule has 20 aliphatic carbocycles. The lowest BCUT2D eigenvalue weighted by atomic mass is 9.44. The molecular weight excluding hydrogens is 1610 g/mol. The number of aliphatic hydroxyl groups is 5. The van der Waals surface area contributed by atoms with Crippen molar-refractivity contribution in [1.29, 1.82) is 0 Å². The lowest BCUT2D eigenvalue weighted by molar-refractivity contribution is -0.143. The minimum Gasteiger partial charge on any atom is -0.393 e. The van der Waals surface area contributed by atoms with Crippen molar-refractivity contribution >= 4 is 28.6 Å². The van der Waals surface area contributed by atoms with Crippen molar-refractivity contribution in [3.05, 3.63) is 23.3 Å². The Morgan fingerprint density at radius 3 is 0.969 bits per heavy atom. The summed E-state index contributed by atoms with van der Waals surface area (Å²) in [6.07, 6.45) is 58.9. The van der Waals surface area contributed by atoms with Gasteiger partial charge in [0.1, 0.15) is 6.61 Å². The van der Waals surface area contributed by atoms with E-state index in [-0.39, 0.29) is 48.0 Å². The van der Waals surface area contributed by atoms with Gasteiger partial charge in [0.25, 0.3) is 0 Å². The maximum atomic E-state index is 12.9. The van der Waals surface area contributed by atoms with Gasteiger partial charge in [0, 0.05) is 76.6 Å². The highest BCUT2D eigenvalue weighted by molar-refractivity contribution is 5.87. The molecule has 18 fully saturated rings. The summed E-state index contributed by atoms with van der Waals surface area (Å²) < 4.78 is 5.67. The van der Waals surface area contributed by atoms with Gasteiger partial charge in [-0.2, -0.15) is 0 Å². The highest BCUT2D eigenvalue weighted by Gasteiger charge is 2.67. The standard InChI is InChI=1S/2C24H41NO.2C24H39NO.C24H40O3/c4*1-15(2)25-16(3)20-8-9-21-19-7-6-17-14-18(26)10-12-23(17,4)22(19)11-13-24(20,21)5;1-15(2)27-14-22(26)21-8-7-19-18-6-5-16-13-17(25)9-11-23(16,3)20(18)10-12-24(19,21)4/h2*15,17-22,26H,6-14H2,1-5H3;14-15,18-22,26H,6-13H2,1-5H3;6,15,18-22,26H,7-14H2,1-5H3;15-21,25H,5-14H2,1-4H3/t17-,18+,19-,20+,21-,22-,23-,24+;17-,18-,19+,20-,21+,22+,23+,24-;2*18-,19+,20-,21+,22+,23+,24-;16-,17+,18-,19-,20-,21+,23-,24-/m01110/s1. The van der Waals surface area contributed by atoms with Crippen LogP contribution in [0.15, 0.2) is 43.3 Å². The van der Waals surface area contributed by atoms with E-state index in [9.17, 15) is 30.3 Å². The fourth-order valence-electron chi connectivity index (χ4n) is 40.7. The Hall–Kier alpha value is -2.41. The molecule has 20 aliphatic rings. The minimum atomic E-state index is -0.186. The van der Waals surface area contributed by atoms with Gasteiger partial charge in [0.05, 0.1) is 36.6 Å². The third kappa shape index (κ3) is 18.6. The van der Waals surface area contributed by atoms with Crippen LogP contribution in [0.2, 0.25) is 0 Å². The van der Waals surface area contributed by atoms with E-state index >= 15 is 0 Å². The first-order valence-electron chi connectivity index (χ1n) is 56.9. The molecule has 0 bridgehead atoms. The van der Waals surface area contributed by atoms with Crippen LogP contribution in [0.25, 0.3) is 0 Å². The monoisotopic (exact) mass is 1810 g/mol. The van der Waals surface area contributed by atoms with Crippen molar-refractivity contribution in [1.82, 2.24) is 0 Å². The highest BCUT2D eigenvalue weighted by atomic mass is 16.5. The predicted octanol–water partition coefficient (Wildman–Crippen LogP) is 28.3. The second-order valence-corrected chi connectivity index (χ2v) is 54.7. The summed E-state index contributed by atoms with van der Waals surface area (Å²) in [5, 5.41) is 50.9. The average Bonchev–Trinajstić information content (AvgIpc) is 1.68. The second kappa shape index (κ2) is 39.1. The number of allylic oxidation sites excluding steroid dienone is 2. The third-order valence-electron chi connectivity index (χ3n) is 46.9. The molecular formula is C120H200N4O7. The van der Waals surface area contributed by atoms with Gasteiger partial charge in [-0.3, -0.25) is 24.8 Å². The number of ether oxygens (including phenoxy) is 1. The molecule has 742 valence electrons. The SMILES string of the molecule is CC(=NC(C)C)[C@H]1CC[C@H]2[C@@H]3CC=C4C[C@H](O)CC[C@]4(C)[C@H]3CC[C@]12C.CC(=NC(C)C)[C@H]1CC[C@H]2[C@@H]3CCC4=C[C@H](O)CC[C@]4(C)[C@H]3CC[C@]12C.CC(=NC(C)C)[C@H]1CC[C@H]2[C@@H]3CC[C@@H]4C[C@H](O)CC[C@]4(C)[C@H]3CC[C@]12C.CC(=NC(C)C)[C@H]1CC[C@H]2[C@@H]3CC[C@H]4C[C@H](O)CC[C@]4(C)[C@H]3CC[C@]12C.CC(C)OCC(=O)[C@H]1CC[C@H]2[C@@H]3CC[C@H]4C[C@H](O)CC[C@]4(C)[C@H]3CC[C@]12C. The Morgan fingerprint density at radius 1 is 0.321 bits per heavy atom. The zero-order valence-electron chi connectivity index (χ0n) is 88.7. The van der Waals surface area contributed by atoms with Gasteiger partial charge >= 0.3 is 0 Å². The van der Waals surface area contributed by atoms with E-state index in [4.69, 9.17) is 24.7 Å². The summed E-state index contributed by atoms with van der Waals surface area (Å²) in [5.41, 5.74) is 13.1. The Balaban J connectivity index is 0.000000120. The second-order valence-electron chi connectivity index (χ2n) is 54.7. The first-order valence-corrected chi connectivity index (χ1v) is 56.9. The summed E-state index contributed by atoms with van der Waals surface area (Å²) in [6.45, 7) is 56.9. The van der Waals surface area contributed by atoms with Gasteiger partial charge in [-0.1, -0.05) is 92.5 Å². The van der Waals surface area contributed by atoms with Gasteiger partial charge in [0.2, 0.25) is 0 Å². The molecule has 0 radical (unpaired) electrons. The van der Waals surface area contributed by atoms with E-state index in [1.54, 1.807) is 11.1 Å². The average molecular weight is 1810 g/mol. The number of hydrogen-bond acceptors (Lipinski definition) is 11. The molecule has 0 aromatic rings. The van der Waals surface area contributed by atoms with Gasteiger partial charge < -0.3 is 30.3 Å².